The van der Waals surface area contributed by atoms with Crippen LogP contribution in [0.2, 0.25) is 0 Å². The van der Waals surface area contributed by atoms with Gasteiger partial charge in [-0.2, -0.15) is 5.26 Å². The Bertz CT molecular complexity index is 1360. The van der Waals surface area contributed by atoms with Crippen LogP contribution < -0.4 is 9.62 Å². The molecule has 0 radical (unpaired) electrons. The van der Waals surface area contributed by atoms with Crippen LogP contribution in [0.1, 0.15) is 59.4 Å². The number of H-pyrrole nitrogens is 1. The predicted octanol–water partition coefficient (Wildman–Crippen LogP) is 4.52. The van der Waals surface area contributed by atoms with Crippen molar-refractivity contribution in [1.82, 2.24) is 9.71 Å². The number of halogens is 1. The van der Waals surface area contributed by atoms with Crippen molar-refractivity contribution < 1.29 is 9.00 Å². The number of carbonyl (C=O) groups is 1. The molecule has 1 fully saturated rings. The van der Waals surface area contributed by atoms with Crippen LogP contribution in [0.15, 0.2) is 34.8 Å². The first kappa shape index (κ1) is 22.3. The van der Waals surface area contributed by atoms with Gasteiger partial charge in [0.25, 0.3) is 0 Å². The van der Waals surface area contributed by atoms with E-state index in [1.807, 2.05) is 18.2 Å². The van der Waals surface area contributed by atoms with Crippen molar-refractivity contribution in [2.24, 2.45) is 0 Å². The van der Waals surface area contributed by atoms with Gasteiger partial charge in [0, 0.05) is 57.4 Å². The number of piperidine rings is 1. The second-order valence-electron chi connectivity index (χ2n) is 9.38. The van der Waals surface area contributed by atoms with Gasteiger partial charge in [-0.15, -0.1) is 0 Å². The molecule has 6 nitrogen and oxygen atoms in total. The maximum Gasteiger partial charge on any atom is 0.195 e. The van der Waals surface area contributed by atoms with E-state index >= 15 is 0 Å². The van der Waals surface area contributed by atoms with Crippen molar-refractivity contribution in [3.05, 3.63) is 62.8 Å². The van der Waals surface area contributed by atoms with Gasteiger partial charge in [0.2, 0.25) is 0 Å². The van der Waals surface area contributed by atoms with Crippen molar-refractivity contribution in [2.75, 3.05) is 24.2 Å². The van der Waals surface area contributed by atoms with Crippen LogP contribution in [-0.2, 0) is 16.4 Å². The van der Waals surface area contributed by atoms with Crippen molar-refractivity contribution in [3.8, 4) is 6.07 Å². The maximum atomic E-state index is 13.7. The number of rotatable bonds is 3. The highest BCUT2D eigenvalue weighted by Crippen LogP contribution is 2.46. The molecule has 2 heterocycles. The number of fused-ring (bicyclic) bond motifs is 4. The number of nitrogens with one attached hydrogen (secondary N) is 2. The first-order valence-corrected chi connectivity index (χ1v) is 13.4. The summed E-state index contributed by atoms with van der Waals surface area (Å²) in [5.41, 5.74) is 5.37. The number of anilines is 1. The van der Waals surface area contributed by atoms with Gasteiger partial charge < -0.3 is 9.88 Å². The third-order valence-electron chi connectivity index (χ3n) is 6.95. The van der Waals surface area contributed by atoms with Crippen molar-refractivity contribution in [1.29, 1.82) is 5.26 Å². The Morgan fingerprint density at radius 2 is 1.97 bits per heavy atom. The zero-order chi connectivity index (χ0) is 23.5. The van der Waals surface area contributed by atoms with Gasteiger partial charge in [-0.25, -0.2) is 8.93 Å². The molecule has 2 N–H and O–H groups in total. The number of hydrogen-bond acceptors (Lipinski definition) is 4. The Morgan fingerprint density at radius 1 is 1.24 bits per heavy atom. The lowest BCUT2D eigenvalue weighted by Crippen LogP contribution is -2.43. The number of hydrogen-bond donors (Lipinski definition) is 2. The minimum absolute atomic E-state index is 0.0101. The molecule has 0 saturated carbocycles. The van der Waals surface area contributed by atoms with E-state index in [0.29, 0.717) is 16.7 Å². The number of benzene rings is 2. The Labute approximate surface area is 204 Å². The molecule has 1 saturated heterocycles. The molecule has 8 heteroatoms. The minimum atomic E-state index is -1.01. The largest absolute Gasteiger partial charge is 0.370 e. The Hall–Kier alpha value is -2.47. The number of aromatic nitrogens is 1. The Balaban J connectivity index is 1.56. The van der Waals surface area contributed by atoms with E-state index < -0.39 is 16.4 Å². The van der Waals surface area contributed by atoms with Gasteiger partial charge in [-0.1, -0.05) is 19.9 Å². The van der Waals surface area contributed by atoms with Crippen LogP contribution >= 0.6 is 15.9 Å². The Kier molecular flexibility index (Phi) is 5.47. The quantitative estimate of drug-likeness (QED) is 0.526. The molecule has 0 amide bonds. The summed E-state index contributed by atoms with van der Waals surface area (Å²) in [5, 5.41) is 10.1. The summed E-state index contributed by atoms with van der Waals surface area (Å²) in [6, 6.07) is 12.0. The first-order chi connectivity index (χ1) is 15.7. The highest BCUT2D eigenvalue weighted by atomic mass is 79.9. The van der Waals surface area contributed by atoms with Crippen LogP contribution in [-0.4, -0.2) is 40.4 Å². The average molecular weight is 525 g/mol. The number of ketones is 1. The van der Waals surface area contributed by atoms with Crippen molar-refractivity contribution >= 4 is 49.3 Å². The molecule has 2 aromatic carbocycles. The number of carbonyl (C=O) groups excluding carboxylic acids is 1. The Morgan fingerprint density at radius 3 is 2.64 bits per heavy atom. The molecule has 1 aromatic heterocycles. The summed E-state index contributed by atoms with van der Waals surface area (Å²) in [4.78, 5) is 19.4. The lowest BCUT2D eigenvalue weighted by Gasteiger charge is -2.37. The molecule has 0 spiro atoms. The zero-order valence-electron chi connectivity index (χ0n) is 18.8. The van der Waals surface area contributed by atoms with Crippen LogP contribution in [0.3, 0.4) is 0 Å². The fourth-order valence-electron chi connectivity index (χ4n) is 5.22. The van der Waals surface area contributed by atoms with Crippen LogP contribution in [0, 0.1) is 11.3 Å². The zero-order valence-corrected chi connectivity index (χ0v) is 21.2. The van der Waals surface area contributed by atoms with Gasteiger partial charge in [0.15, 0.2) is 5.78 Å². The maximum absolute atomic E-state index is 13.7. The highest BCUT2D eigenvalue weighted by molar-refractivity contribution is 9.10. The van der Waals surface area contributed by atoms with E-state index in [9.17, 15) is 14.3 Å². The summed E-state index contributed by atoms with van der Waals surface area (Å²) in [5.74, 6) is 0.0101. The third-order valence-corrected chi connectivity index (χ3v) is 8.25. The molecule has 0 bridgehead atoms. The summed E-state index contributed by atoms with van der Waals surface area (Å²) < 4.78 is 15.6. The number of nitriles is 1. The summed E-state index contributed by atoms with van der Waals surface area (Å²) in [6.45, 7) is 5.99. The fraction of sp³-hybridized carbons (Fsp3) is 0.360. The van der Waals surface area contributed by atoms with Crippen molar-refractivity contribution in [3.63, 3.8) is 0 Å². The number of aromatic amines is 1. The lowest BCUT2D eigenvalue weighted by atomic mass is 9.71. The molecule has 1 unspecified atom stereocenters. The topological polar surface area (TPSA) is 89.0 Å². The SMILES string of the molecule is CS(=O)NC1CCN(c2cc3c(cc2Br)C(=O)c2c([nH]c4cc(C#N)ccc24)C3(C)C)CC1. The van der Waals surface area contributed by atoms with Gasteiger partial charge in [0.05, 0.1) is 33.9 Å². The van der Waals surface area contributed by atoms with Crippen molar-refractivity contribution in [2.45, 2.75) is 38.1 Å². The minimum Gasteiger partial charge on any atom is -0.370 e. The second kappa shape index (κ2) is 8.08. The van der Waals surface area contributed by atoms with E-state index in [4.69, 9.17) is 0 Å². The van der Waals surface area contributed by atoms with E-state index in [2.05, 4.69) is 56.5 Å². The van der Waals surface area contributed by atoms with Crippen LogP contribution in [0.25, 0.3) is 10.9 Å². The molecule has 1 aliphatic heterocycles. The van der Waals surface area contributed by atoms with Crippen LogP contribution in [0.4, 0.5) is 5.69 Å². The lowest BCUT2D eigenvalue weighted by molar-refractivity contribution is 0.103. The molecule has 170 valence electrons. The molecule has 1 atom stereocenters. The van der Waals surface area contributed by atoms with E-state index in [1.54, 1.807) is 12.3 Å². The third kappa shape index (κ3) is 3.63. The van der Waals surface area contributed by atoms with E-state index in [-0.39, 0.29) is 11.8 Å². The molecule has 33 heavy (non-hydrogen) atoms. The average Bonchev–Trinajstić information content (AvgIpc) is 3.17. The summed E-state index contributed by atoms with van der Waals surface area (Å²) in [7, 11) is -1.01. The normalized spacial score (nSPS) is 18.6. The van der Waals surface area contributed by atoms with Gasteiger partial charge >= 0.3 is 0 Å². The van der Waals surface area contributed by atoms with Gasteiger partial charge in [0.1, 0.15) is 0 Å². The van der Waals surface area contributed by atoms with Gasteiger partial charge in [-0.05, 0) is 58.6 Å². The molecule has 5 rings (SSSR count). The van der Waals surface area contributed by atoms with Crippen LogP contribution in [0.5, 0.6) is 0 Å². The smallest absolute Gasteiger partial charge is 0.195 e. The van der Waals surface area contributed by atoms with E-state index in [1.165, 1.54) is 0 Å². The second-order valence-corrected chi connectivity index (χ2v) is 11.4. The first-order valence-electron chi connectivity index (χ1n) is 11.0. The summed E-state index contributed by atoms with van der Waals surface area (Å²) in [6.07, 6.45) is 3.50. The fourth-order valence-corrected chi connectivity index (χ4v) is 6.52. The molecule has 3 aromatic rings. The molecular formula is C25H25BrN4O2S. The highest BCUT2D eigenvalue weighted by Gasteiger charge is 2.40. The molecular weight excluding hydrogens is 500 g/mol. The van der Waals surface area contributed by atoms with Gasteiger partial charge in [-0.3, -0.25) is 4.79 Å². The standard InChI is InChI=1S/C25H25BrN4O2S/c1-25(2)18-12-21(30-8-6-15(7-9-30)29-33(3)32)19(26)11-17(18)23(31)22-16-5-4-14(13-27)10-20(16)28-24(22)25/h4-5,10-12,15,28-29H,6-9H2,1-3H3. The summed E-state index contributed by atoms with van der Waals surface area (Å²) >= 11 is 3.73. The monoisotopic (exact) mass is 524 g/mol. The predicted molar refractivity (Wildman–Crippen MR) is 135 cm³/mol. The molecule has 2 aliphatic rings. The van der Waals surface area contributed by atoms with E-state index in [0.717, 1.165) is 58.3 Å². The number of nitrogens with zero attached hydrogens (tertiary/aromatic N) is 2. The molecule has 1 aliphatic carbocycles.